The molecule has 0 saturated carbocycles. The minimum Gasteiger partial charge on any atom is -0.493 e. The Hall–Kier alpha value is -2.20. The number of nitrogens with two attached hydrogens (primary N) is 1. The lowest BCUT2D eigenvalue weighted by molar-refractivity contribution is -0.133. The molecule has 1 saturated heterocycles. The largest absolute Gasteiger partial charge is 0.493 e. The van der Waals surface area contributed by atoms with Crippen molar-refractivity contribution in [3.63, 3.8) is 0 Å². The Morgan fingerprint density at radius 1 is 1.10 bits per heavy atom. The third kappa shape index (κ3) is 10.7. The van der Waals surface area contributed by atoms with Crippen molar-refractivity contribution in [1.29, 1.82) is 0 Å². The first-order valence-electron chi connectivity index (χ1n) is 14.5. The third-order valence-corrected chi connectivity index (χ3v) is 8.09. The second-order valence-corrected chi connectivity index (χ2v) is 11.7. The minimum absolute atomic E-state index is 0.0482. The van der Waals surface area contributed by atoms with Gasteiger partial charge in [0.05, 0.1) is 18.3 Å². The predicted octanol–water partition coefficient (Wildman–Crippen LogP) is 2.71. The zero-order chi connectivity index (χ0) is 28.8. The lowest BCUT2D eigenvalue weighted by Gasteiger charge is -2.36. The molecule has 9 heteroatoms. The molecule has 9 nitrogen and oxygen atoms in total. The number of methoxy groups -OCH3 is 1. The number of amides is 2. The SMILES string of the molecule is COCCCCOc1ccccc1C(=O)NC[C@@H](C[C@H](N)[C@@H](O)CNC(=O)C(C)(C)C1CCNCC1)C(C)C. The molecule has 1 aromatic rings. The van der Waals surface area contributed by atoms with Crippen molar-refractivity contribution in [2.24, 2.45) is 28.9 Å². The second kappa shape index (κ2) is 16.8. The highest BCUT2D eigenvalue weighted by molar-refractivity contribution is 5.96. The van der Waals surface area contributed by atoms with Gasteiger partial charge in [-0.25, -0.2) is 0 Å². The lowest BCUT2D eigenvalue weighted by Crippen LogP contribution is -2.50. The summed E-state index contributed by atoms with van der Waals surface area (Å²) in [6.45, 7) is 11.7. The number of ether oxygens (including phenoxy) is 2. The zero-order valence-electron chi connectivity index (χ0n) is 24.6. The number of aliphatic hydroxyl groups is 1. The van der Waals surface area contributed by atoms with E-state index in [1.807, 2.05) is 26.0 Å². The van der Waals surface area contributed by atoms with Crippen LogP contribution < -0.4 is 26.4 Å². The average Bonchev–Trinajstić information content (AvgIpc) is 2.93. The fourth-order valence-electron chi connectivity index (χ4n) is 5.03. The van der Waals surface area contributed by atoms with Gasteiger partial charge in [0, 0.05) is 38.3 Å². The van der Waals surface area contributed by atoms with Gasteiger partial charge in [0.2, 0.25) is 5.91 Å². The van der Waals surface area contributed by atoms with Crippen molar-refractivity contribution >= 4 is 11.8 Å². The number of para-hydroxylation sites is 1. The van der Waals surface area contributed by atoms with Crippen LogP contribution in [0.4, 0.5) is 0 Å². The molecule has 1 fully saturated rings. The second-order valence-electron chi connectivity index (χ2n) is 11.7. The smallest absolute Gasteiger partial charge is 0.255 e. The number of benzene rings is 1. The summed E-state index contributed by atoms with van der Waals surface area (Å²) in [5, 5.41) is 20.0. The molecule has 0 aliphatic carbocycles. The molecule has 3 atom stereocenters. The summed E-state index contributed by atoms with van der Waals surface area (Å²) in [5.41, 5.74) is 6.37. The molecule has 1 aliphatic rings. The molecular formula is C30H52N4O5. The maximum Gasteiger partial charge on any atom is 0.255 e. The van der Waals surface area contributed by atoms with Crippen LogP contribution in [-0.4, -0.2) is 75.6 Å². The zero-order valence-corrected chi connectivity index (χ0v) is 24.6. The van der Waals surface area contributed by atoms with E-state index in [0.717, 1.165) is 38.8 Å². The number of rotatable bonds is 17. The molecule has 222 valence electrons. The molecule has 1 heterocycles. The quantitative estimate of drug-likeness (QED) is 0.189. The summed E-state index contributed by atoms with van der Waals surface area (Å²) in [6.07, 6.45) is 3.32. The first kappa shape index (κ1) is 33.0. The van der Waals surface area contributed by atoms with Gasteiger partial charge in [-0.3, -0.25) is 9.59 Å². The van der Waals surface area contributed by atoms with E-state index in [1.54, 1.807) is 19.2 Å². The number of unbranched alkanes of at least 4 members (excludes halogenated alkanes) is 1. The molecular weight excluding hydrogens is 496 g/mol. The standard InChI is InChI=1S/C30H52N4O5/c1-21(2)22(19-33-28(36)24-10-6-7-11-27(24)39-17-9-8-16-38-5)18-25(31)26(35)20-34-29(37)30(3,4)23-12-14-32-15-13-23/h6-7,10-11,21-23,25-26,32,35H,8-9,12-20,31H2,1-5H3,(H,33,36)(H,34,37)/t22-,25+,26+/m1/s1. The van der Waals surface area contributed by atoms with Crippen molar-refractivity contribution in [3.8, 4) is 5.75 Å². The number of piperidine rings is 1. The van der Waals surface area contributed by atoms with Crippen LogP contribution in [0.2, 0.25) is 0 Å². The van der Waals surface area contributed by atoms with Gasteiger partial charge in [-0.05, 0) is 75.1 Å². The minimum atomic E-state index is -0.873. The Labute approximate surface area is 235 Å². The Kier molecular flexibility index (Phi) is 14.2. The van der Waals surface area contributed by atoms with Crippen molar-refractivity contribution in [1.82, 2.24) is 16.0 Å². The molecule has 1 aliphatic heterocycles. The van der Waals surface area contributed by atoms with E-state index in [-0.39, 0.29) is 30.2 Å². The maximum absolute atomic E-state index is 13.0. The van der Waals surface area contributed by atoms with Crippen LogP contribution in [0.3, 0.4) is 0 Å². The van der Waals surface area contributed by atoms with E-state index in [1.165, 1.54) is 0 Å². The van der Waals surface area contributed by atoms with Gasteiger partial charge in [-0.1, -0.05) is 39.8 Å². The molecule has 0 bridgehead atoms. The van der Waals surface area contributed by atoms with E-state index in [4.69, 9.17) is 15.2 Å². The number of nitrogens with one attached hydrogen (secondary N) is 3. The Bertz CT molecular complexity index is 873. The Morgan fingerprint density at radius 3 is 2.44 bits per heavy atom. The average molecular weight is 549 g/mol. The van der Waals surface area contributed by atoms with Crippen LogP contribution in [0.25, 0.3) is 0 Å². The molecule has 0 spiro atoms. The number of hydrogen-bond acceptors (Lipinski definition) is 7. The molecule has 2 rings (SSSR count). The third-order valence-electron chi connectivity index (χ3n) is 8.09. The lowest BCUT2D eigenvalue weighted by atomic mass is 9.73. The normalized spacial score (nSPS) is 16.9. The van der Waals surface area contributed by atoms with Crippen LogP contribution >= 0.6 is 0 Å². The highest BCUT2D eigenvalue weighted by Gasteiger charge is 2.37. The summed E-state index contributed by atoms with van der Waals surface area (Å²) in [4.78, 5) is 25.9. The van der Waals surface area contributed by atoms with Gasteiger partial charge < -0.3 is 36.3 Å². The van der Waals surface area contributed by atoms with Crippen LogP contribution in [-0.2, 0) is 9.53 Å². The fraction of sp³-hybridized carbons (Fsp3) is 0.733. The first-order chi connectivity index (χ1) is 18.6. The highest BCUT2D eigenvalue weighted by Crippen LogP contribution is 2.33. The summed E-state index contributed by atoms with van der Waals surface area (Å²) in [6, 6.07) is 6.70. The summed E-state index contributed by atoms with van der Waals surface area (Å²) in [5.74, 6) is 0.919. The monoisotopic (exact) mass is 548 g/mol. The molecule has 0 aromatic heterocycles. The molecule has 2 amide bonds. The van der Waals surface area contributed by atoms with E-state index >= 15 is 0 Å². The summed E-state index contributed by atoms with van der Waals surface area (Å²) >= 11 is 0. The Balaban J connectivity index is 1.85. The van der Waals surface area contributed by atoms with Crippen molar-refractivity contribution in [3.05, 3.63) is 29.8 Å². The molecule has 1 aromatic carbocycles. The van der Waals surface area contributed by atoms with Crippen LogP contribution in [0.15, 0.2) is 24.3 Å². The maximum atomic E-state index is 13.0. The number of carbonyl (C=O) groups is 2. The predicted molar refractivity (Wildman–Crippen MR) is 155 cm³/mol. The fourth-order valence-corrected chi connectivity index (χ4v) is 5.03. The topological polar surface area (TPSA) is 135 Å². The van der Waals surface area contributed by atoms with Crippen molar-refractivity contribution in [2.75, 3.05) is 46.5 Å². The number of hydrogen-bond donors (Lipinski definition) is 5. The van der Waals surface area contributed by atoms with Crippen molar-refractivity contribution in [2.45, 2.75) is 71.9 Å². The molecule has 0 unspecified atom stereocenters. The van der Waals surface area contributed by atoms with Gasteiger partial charge in [0.15, 0.2) is 0 Å². The van der Waals surface area contributed by atoms with Gasteiger partial charge in [-0.15, -0.1) is 0 Å². The van der Waals surface area contributed by atoms with E-state index < -0.39 is 17.6 Å². The van der Waals surface area contributed by atoms with E-state index in [2.05, 4.69) is 29.8 Å². The van der Waals surface area contributed by atoms with Crippen LogP contribution in [0.1, 0.15) is 70.2 Å². The number of carbonyl (C=O) groups excluding carboxylic acids is 2. The molecule has 0 radical (unpaired) electrons. The Morgan fingerprint density at radius 2 is 1.77 bits per heavy atom. The van der Waals surface area contributed by atoms with E-state index in [0.29, 0.717) is 43.4 Å². The molecule has 39 heavy (non-hydrogen) atoms. The summed E-state index contributed by atoms with van der Waals surface area (Å²) in [7, 11) is 1.67. The van der Waals surface area contributed by atoms with Gasteiger partial charge >= 0.3 is 0 Å². The van der Waals surface area contributed by atoms with Gasteiger partial charge in [0.1, 0.15) is 5.75 Å². The van der Waals surface area contributed by atoms with Crippen LogP contribution in [0.5, 0.6) is 5.75 Å². The molecule has 6 N–H and O–H groups in total. The van der Waals surface area contributed by atoms with E-state index in [9.17, 15) is 14.7 Å². The number of aliphatic hydroxyl groups excluding tert-OH is 1. The highest BCUT2D eigenvalue weighted by atomic mass is 16.5. The van der Waals surface area contributed by atoms with Crippen molar-refractivity contribution < 1.29 is 24.2 Å². The van der Waals surface area contributed by atoms with Gasteiger partial charge in [0.25, 0.3) is 5.91 Å². The van der Waals surface area contributed by atoms with Gasteiger partial charge in [-0.2, -0.15) is 0 Å². The van der Waals surface area contributed by atoms with Crippen LogP contribution in [0, 0.1) is 23.2 Å². The summed E-state index contributed by atoms with van der Waals surface area (Å²) < 4.78 is 10.9. The first-order valence-corrected chi connectivity index (χ1v) is 14.5.